The number of rotatable bonds is 7. The third-order valence-corrected chi connectivity index (χ3v) is 19.7. The molecule has 20 rings (SSSR count). The first-order valence-corrected chi connectivity index (χ1v) is 31.6. The zero-order chi connectivity index (χ0) is 61.9. The summed E-state index contributed by atoms with van der Waals surface area (Å²) >= 11 is 0. The average Bonchev–Trinajstić information content (AvgIpc) is 1.57. The average molecular weight is 1200 g/mol. The highest BCUT2D eigenvalue weighted by molar-refractivity contribution is 6.17. The lowest BCUT2D eigenvalue weighted by molar-refractivity contribution is 1.05. The highest BCUT2D eigenvalue weighted by atomic mass is 15.1. The van der Waals surface area contributed by atoms with Gasteiger partial charge in [0, 0.05) is 98.5 Å². The maximum absolute atomic E-state index is 11.3. The van der Waals surface area contributed by atoms with Crippen molar-refractivity contribution in [3.8, 4) is 57.5 Å². The summed E-state index contributed by atoms with van der Waals surface area (Å²) in [5.74, 6) is 0.655. The van der Waals surface area contributed by atoms with Crippen LogP contribution >= 0.6 is 0 Å². The van der Waals surface area contributed by atoms with E-state index in [0.717, 1.165) is 122 Å². The molecule has 20 aromatic rings. The Morgan fingerprint density at radius 1 is 0.234 bits per heavy atom. The predicted molar refractivity (Wildman–Crippen MR) is 385 cm³/mol. The number of hydrogen-bond acceptors (Lipinski definition) is 3. The summed E-state index contributed by atoms with van der Waals surface area (Å²) in [5, 5.41) is 35.7. The van der Waals surface area contributed by atoms with Crippen LogP contribution in [0.15, 0.2) is 297 Å². The van der Waals surface area contributed by atoms with Gasteiger partial charge in [-0.05, 0) is 133 Å². The van der Waals surface area contributed by atoms with E-state index in [1.54, 1.807) is 6.07 Å². The van der Waals surface area contributed by atoms with Crippen LogP contribution in [0.3, 0.4) is 0 Å². The largest absolute Gasteiger partial charge is 0.309 e. The second-order valence-corrected chi connectivity index (χ2v) is 24.5. The number of benzene rings is 13. The summed E-state index contributed by atoms with van der Waals surface area (Å²) < 4.78 is 14.1. The summed E-state index contributed by atoms with van der Waals surface area (Å²) in [4.78, 5) is 5.61. The van der Waals surface area contributed by atoms with Gasteiger partial charge >= 0.3 is 0 Å². The molecule has 7 aromatic heterocycles. The lowest BCUT2D eigenvalue weighted by Gasteiger charge is -2.18. The fourth-order valence-corrected chi connectivity index (χ4v) is 15.8. The minimum Gasteiger partial charge on any atom is -0.309 e. The monoisotopic (exact) mass is 1200 g/mol. The smallest absolute Gasteiger partial charge is 0.138 e. The lowest BCUT2D eigenvalue weighted by Crippen LogP contribution is -2.05. The van der Waals surface area contributed by atoms with Gasteiger partial charge in [0.05, 0.1) is 89.2 Å². The van der Waals surface area contributed by atoms with Crippen molar-refractivity contribution in [3.63, 3.8) is 0 Å². The third-order valence-electron chi connectivity index (χ3n) is 19.7. The van der Waals surface area contributed by atoms with Gasteiger partial charge in [0.2, 0.25) is 0 Å². The fraction of sp³-hybridized carbons (Fsp3) is 0. The molecule has 0 radical (unpaired) electrons. The Morgan fingerprint density at radius 2 is 0.521 bits per heavy atom. The van der Waals surface area contributed by atoms with E-state index in [4.69, 9.17) is 4.98 Å². The minimum atomic E-state index is 0.292. The Kier molecular flexibility index (Phi) is 10.8. The Balaban J connectivity index is 0.867. The quantitative estimate of drug-likeness (QED) is 0.159. The van der Waals surface area contributed by atoms with Crippen molar-refractivity contribution in [1.82, 2.24) is 32.4 Å². The van der Waals surface area contributed by atoms with E-state index in [1.807, 2.05) is 18.3 Å². The summed E-state index contributed by atoms with van der Waals surface area (Å²) in [6, 6.07) is 109. The topological polar surface area (TPSA) is 90.0 Å². The molecular weight excluding hydrogens is 1150 g/mol. The van der Waals surface area contributed by atoms with Crippen LogP contribution in [-0.4, -0.2) is 32.4 Å². The second-order valence-electron chi connectivity index (χ2n) is 24.5. The van der Waals surface area contributed by atoms with Crippen molar-refractivity contribution in [2.45, 2.75) is 0 Å². The molecule has 9 heteroatoms. The van der Waals surface area contributed by atoms with Gasteiger partial charge in [-0.25, -0.2) is 4.98 Å². The Morgan fingerprint density at radius 3 is 0.819 bits per heavy atom. The zero-order valence-electron chi connectivity index (χ0n) is 50.3. The normalized spacial score (nSPS) is 12.0. The first-order chi connectivity index (χ1) is 46.6. The Labute approximate surface area is 536 Å². The molecule has 0 aliphatic carbocycles. The molecule has 0 aliphatic rings. The highest BCUT2D eigenvalue weighted by Gasteiger charge is 2.26. The van der Waals surface area contributed by atoms with Crippen molar-refractivity contribution < 1.29 is 0 Å². The molecular formula is C85H49N9. The summed E-state index contributed by atoms with van der Waals surface area (Å²) in [6.45, 7) is 0. The van der Waals surface area contributed by atoms with Crippen LogP contribution in [0.2, 0.25) is 0 Å². The standard InChI is InChI=1S/C85H49N9/c86-49-52-18-17-27-57(71(52)50-87)70-48-85(94-82-42-38-55(91-76-32-13-5-23-62(76)63-24-6-14-33-77(63)91)46-68(82)69-47-56(39-43-83(69)94)92-78-34-15-7-25-64(78)65-26-8-16-35-79(65)92)88-51-84(70)93-80-40-36-53(89-72-28-9-1-19-58(72)59-20-2-10-29-73(59)89)44-66(80)67-45-54(37-41-81(67)93)90-74-30-11-3-21-60(74)61-22-4-12-31-75(61)90/h1-48,51H. The second kappa shape index (κ2) is 19.6. The molecule has 9 nitrogen and oxygen atoms in total. The summed E-state index contributed by atoms with van der Waals surface area (Å²) in [6.07, 6.45) is 1.97. The minimum absolute atomic E-state index is 0.292. The van der Waals surface area contributed by atoms with E-state index in [9.17, 15) is 10.5 Å². The van der Waals surface area contributed by atoms with E-state index in [0.29, 0.717) is 22.5 Å². The predicted octanol–water partition coefficient (Wildman–Crippen LogP) is 21.1. The third kappa shape index (κ3) is 7.17. The molecule has 13 aromatic carbocycles. The van der Waals surface area contributed by atoms with Gasteiger partial charge in [-0.3, -0.25) is 4.57 Å². The fourth-order valence-electron chi connectivity index (χ4n) is 15.8. The molecule has 434 valence electrons. The molecule has 0 aliphatic heterocycles. The SMILES string of the molecule is N#Cc1cccc(-c2cc(-n3c4ccc(-n5c6ccccc6c6ccccc65)cc4c4cc(-n5c6ccccc6c6ccccc65)ccc43)ncc2-n2c3ccc(-n4c5ccccc5c5ccccc54)cc3c3cc(-n4c5ccccc5c5ccccc54)ccc32)c1C#N. The van der Waals surface area contributed by atoms with Crippen molar-refractivity contribution in [1.29, 1.82) is 10.5 Å². The Bertz CT molecular complexity index is 6220. The maximum atomic E-state index is 11.3. The highest BCUT2D eigenvalue weighted by Crippen LogP contribution is 2.45. The van der Waals surface area contributed by atoms with E-state index >= 15 is 0 Å². The zero-order valence-corrected chi connectivity index (χ0v) is 50.3. The van der Waals surface area contributed by atoms with Crippen molar-refractivity contribution in [2.75, 3.05) is 0 Å². The van der Waals surface area contributed by atoms with Crippen LogP contribution in [0, 0.1) is 22.7 Å². The van der Waals surface area contributed by atoms with Crippen LogP contribution in [0.4, 0.5) is 0 Å². The van der Waals surface area contributed by atoms with E-state index < -0.39 is 0 Å². The van der Waals surface area contributed by atoms with Crippen LogP contribution in [0.1, 0.15) is 11.1 Å². The number of fused-ring (bicyclic) bond motifs is 18. The van der Waals surface area contributed by atoms with Crippen molar-refractivity contribution in [3.05, 3.63) is 309 Å². The van der Waals surface area contributed by atoms with E-state index in [2.05, 4.69) is 313 Å². The number of para-hydroxylation sites is 8. The van der Waals surface area contributed by atoms with Gasteiger partial charge in [-0.2, -0.15) is 10.5 Å². The molecule has 0 spiro atoms. The van der Waals surface area contributed by atoms with Gasteiger partial charge in [0.1, 0.15) is 18.0 Å². The molecule has 0 amide bonds. The van der Waals surface area contributed by atoms with Gasteiger partial charge in [-0.1, -0.05) is 158 Å². The molecule has 94 heavy (non-hydrogen) atoms. The number of pyridine rings is 1. The molecule has 0 fully saturated rings. The number of aromatic nitrogens is 7. The van der Waals surface area contributed by atoms with Crippen molar-refractivity contribution >= 4 is 131 Å². The molecule has 0 N–H and O–H groups in total. The molecule has 0 bridgehead atoms. The first kappa shape index (κ1) is 51.7. The lowest BCUT2D eigenvalue weighted by atomic mass is 9.96. The van der Waals surface area contributed by atoms with Gasteiger partial charge in [0.25, 0.3) is 0 Å². The number of nitrogens with zero attached hydrogens (tertiary/aromatic N) is 9. The number of nitriles is 2. The van der Waals surface area contributed by atoms with E-state index in [1.165, 1.54) is 43.1 Å². The molecule has 0 atom stereocenters. The molecule has 0 unspecified atom stereocenters. The van der Waals surface area contributed by atoms with Crippen LogP contribution in [0.5, 0.6) is 0 Å². The maximum Gasteiger partial charge on any atom is 0.138 e. The first-order valence-electron chi connectivity index (χ1n) is 31.6. The molecule has 0 saturated heterocycles. The van der Waals surface area contributed by atoms with Gasteiger partial charge in [-0.15, -0.1) is 0 Å². The Hall–Kier alpha value is -13.2. The molecule has 7 heterocycles. The molecule has 0 saturated carbocycles. The van der Waals surface area contributed by atoms with E-state index in [-0.39, 0.29) is 0 Å². The number of hydrogen-bond donors (Lipinski definition) is 0. The van der Waals surface area contributed by atoms with Gasteiger partial charge in [0.15, 0.2) is 0 Å². The summed E-state index contributed by atoms with van der Waals surface area (Å²) in [5.41, 5.74) is 19.7. The van der Waals surface area contributed by atoms with Crippen LogP contribution < -0.4 is 0 Å². The summed E-state index contributed by atoms with van der Waals surface area (Å²) in [7, 11) is 0. The van der Waals surface area contributed by atoms with Crippen LogP contribution in [-0.2, 0) is 0 Å². The van der Waals surface area contributed by atoms with Crippen molar-refractivity contribution in [2.24, 2.45) is 0 Å². The van der Waals surface area contributed by atoms with Crippen LogP contribution in [0.25, 0.3) is 176 Å². The van der Waals surface area contributed by atoms with Gasteiger partial charge < -0.3 is 22.8 Å².